The summed E-state index contributed by atoms with van der Waals surface area (Å²) in [5.41, 5.74) is 0.687. The second-order valence-corrected chi connectivity index (χ2v) is 4.64. The maximum Gasteiger partial charge on any atom is 0.144 e. The van der Waals surface area contributed by atoms with Gasteiger partial charge in [-0.15, -0.1) is 0 Å². The lowest BCUT2D eigenvalue weighted by Gasteiger charge is -2.23. The molecule has 0 spiro atoms. The maximum atomic E-state index is 13.8. The number of halogens is 2. The summed E-state index contributed by atoms with van der Waals surface area (Å²) in [6.07, 6.45) is 2.07. The Morgan fingerprint density at radius 3 is 2.93 bits per heavy atom. The van der Waals surface area contributed by atoms with Crippen molar-refractivity contribution in [1.82, 2.24) is 5.32 Å². The first-order valence-corrected chi connectivity index (χ1v) is 5.87. The number of rotatable bonds is 1. The second kappa shape index (κ2) is 4.49. The van der Waals surface area contributed by atoms with Gasteiger partial charge in [0.05, 0.1) is 4.47 Å². The Balaban J connectivity index is 2.31. The van der Waals surface area contributed by atoms with E-state index in [9.17, 15) is 9.50 Å². The summed E-state index contributed by atoms with van der Waals surface area (Å²) in [6.45, 7) is 1.82. The molecule has 15 heavy (non-hydrogen) atoms. The lowest BCUT2D eigenvalue weighted by molar-refractivity contribution is 0.436. The fourth-order valence-corrected chi connectivity index (χ4v) is 2.35. The second-order valence-electron chi connectivity index (χ2n) is 3.85. The van der Waals surface area contributed by atoms with Crippen LogP contribution in [0.2, 0.25) is 0 Å². The van der Waals surface area contributed by atoms with Crippen LogP contribution >= 0.6 is 15.9 Å². The Morgan fingerprint density at radius 2 is 2.27 bits per heavy atom. The van der Waals surface area contributed by atoms with Gasteiger partial charge in [-0.25, -0.2) is 4.39 Å². The summed E-state index contributed by atoms with van der Waals surface area (Å²) in [7, 11) is 0. The zero-order valence-electron chi connectivity index (χ0n) is 8.26. The molecule has 1 saturated heterocycles. The Hall–Kier alpha value is -0.610. The van der Waals surface area contributed by atoms with E-state index in [-0.39, 0.29) is 22.0 Å². The van der Waals surface area contributed by atoms with Crippen molar-refractivity contribution in [3.8, 4) is 5.75 Å². The minimum atomic E-state index is -0.330. The molecule has 1 aromatic rings. The predicted octanol–water partition coefficient (Wildman–Crippen LogP) is 2.76. The van der Waals surface area contributed by atoms with E-state index in [2.05, 4.69) is 21.2 Å². The van der Waals surface area contributed by atoms with E-state index in [4.69, 9.17) is 0 Å². The highest BCUT2D eigenvalue weighted by Gasteiger charge is 2.20. The van der Waals surface area contributed by atoms with E-state index in [1.54, 1.807) is 6.07 Å². The minimum absolute atomic E-state index is 0.0416. The Labute approximate surface area is 96.6 Å². The van der Waals surface area contributed by atoms with Gasteiger partial charge in [0, 0.05) is 6.54 Å². The zero-order valence-corrected chi connectivity index (χ0v) is 9.85. The average molecular weight is 274 g/mol. The number of benzene rings is 1. The van der Waals surface area contributed by atoms with Crippen molar-refractivity contribution < 1.29 is 9.50 Å². The molecule has 2 N–H and O–H groups in total. The van der Waals surface area contributed by atoms with E-state index >= 15 is 0 Å². The molecule has 1 aliphatic heterocycles. The summed E-state index contributed by atoms with van der Waals surface area (Å²) in [6, 6.07) is 3.21. The van der Waals surface area contributed by atoms with Crippen molar-refractivity contribution in [3.05, 3.63) is 28.0 Å². The van der Waals surface area contributed by atoms with Gasteiger partial charge in [-0.2, -0.15) is 0 Å². The van der Waals surface area contributed by atoms with E-state index in [0.29, 0.717) is 5.56 Å². The van der Waals surface area contributed by atoms with Gasteiger partial charge >= 0.3 is 0 Å². The lowest BCUT2D eigenvalue weighted by atomic mass is 9.91. The summed E-state index contributed by atoms with van der Waals surface area (Å²) in [5.74, 6) is -0.153. The van der Waals surface area contributed by atoms with Crippen LogP contribution in [0.5, 0.6) is 5.75 Å². The zero-order chi connectivity index (χ0) is 10.8. The van der Waals surface area contributed by atoms with Crippen LogP contribution < -0.4 is 5.32 Å². The van der Waals surface area contributed by atoms with Crippen molar-refractivity contribution in [2.24, 2.45) is 0 Å². The van der Waals surface area contributed by atoms with Gasteiger partial charge in [0.15, 0.2) is 0 Å². The molecule has 2 nitrogen and oxygen atoms in total. The number of nitrogens with one attached hydrogen (secondary N) is 1. The molecule has 2 rings (SSSR count). The minimum Gasteiger partial charge on any atom is -0.507 e. The number of aromatic hydroxyl groups is 1. The monoisotopic (exact) mass is 273 g/mol. The molecule has 1 aromatic carbocycles. The van der Waals surface area contributed by atoms with Gasteiger partial charge in [0.2, 0.25) is 0 Å². The molecule has 1 atom stereocenters. The van der Waals surface area contributed by atoms with Crippen LogP contribution in [-0.2, 0) is 0 Å². The average Bonchev–Trinajstić information content (AvgIpc) is 2.27. The van der Waals surface area contributed by atoms with Crippen LogP contribution in [0.15, 0.2) is 16.6 Å². The van der Waals surface area contributed by atoms with Crippen LogP contribution in [0.25, 0.3) is 0 Å². The van der Waals surface area contributed by atoms with Gasteiger partial charge in [-0.1, -0.05) is 6.07 Å². The number of hydrogen-bond acceptors (Lipinski definition) is 2. The fourth-order valence-electron chi connectivity index (χ4n) is 1.99. The van der Waals surface area contributed by atoms with Crippen molar-refractivity contribution in [3.63, 3.8) is 0 Å². The molecule has 82 valence electrons. The molecular formula is C11H13BrFNO. The number of piperidine rings is 1. The topological polar surface area (TPSA) is 32.3 Å². The first-order chi connectivity index (χ1) is 7.20. The SMILES string of the molecule is Oc1ccc(C2CCCNC2)c(F)c1Br. The highest BCUT2D eigenvalue weighted by molar-refractivity contribution is 9.10. The first-order valence-electron chi connectivity index (χ1n) is 5.07. The molecular weight excluding hydrogens is 261 g/mol. The first kappa shape index (κ1) is 10.9. The molecule has 1 fully saturated rings. The molecule has 0 radical (unpaired) electrons. The predicted molar refractivity (Wildman–Crippen MR) is 60.6 cm³/mol. The van der Waals surface area contributed by atoms with Gasteiger partial charge in [0.25, 0.3) is 0 Å². The van der Waals surface area contributed by atoms with Crippen molar-refractivity contribution in [1.29, 1.82) is 0 Å². The third kappa shape index (κ3) is 2.16. The number of phenolic OH excluding ortho intramolecular Hbond substituents is 1. The van der Waals surface area contributed by atoms with Crippen molar-refractivity contribution in [2.75, 3.05) is 13.1 Å². The molecule has 0 aliphatic carbocycles. The Bertz CT molecular complexity index is 364. The molecule has 4 heteroatoms. The van der Waals surface area contributed by atoms with Crippen LogP contribution in [-0.4, -0.2) is 18.2 Å². The van der Waals surface area contributed by atoms with Crippen molar-refractivity contribution >= 4 is 15.9 Å². The summed E-state index contributed by atoms with van der Waals surface area (Å²) >= 11 is 3.05. The van der Waals surface area contributed by atoms with E-state index in [1.807, 2.05) is 0 Å². The highest BCUT2D eigenvalue weighted by Crippen LogP contribution is 2.34. The van der Waals surface area contributed by atoms with Crippen LogP contribution in [0.3, 0.4) is 0 Å². The van der Waals surface area contributed by atoms with Crippen LogP contribution in [0.4, 0.5) is 4.39 Å². The van der Waals surface area contributed by atoms with E-state index in [0.717, 1.165) is 25.9 Å². The molecule has 1 aliphatic rings. The smallest absolute Gasteiger partial charge is 0.144 e. The molecule has 0 bridgehead atoms. The Morgan fingerprint density at radius 1 is 1.47 bits per heavy atom. The molecule has 1 unspecified atom stereocenters. The van der Waals surface area contributed by atoms with E-state index in [1.165, 1.54) is 6.07 Å². The fraction of sp³-hybridized carbons (Fsp3) is 0.455. The third-order valence-corrected chi connectivity index (χ3v) is 3.58. The highest BCUT2D eigenvalue weighted by atomic mass is 79.9. The molecule has 0 aromatic heterocycles. The Kier molecular flexibility index (Phi) is 3.26. The number of hydrogen-bond donors (Lipinski definition) is 2. The van der Waals surface area contributed by atoms with Crippen LogP contribution in [0.1, 0.15) is 24.3 Å². The van der Waals surface area contributed by atoms with Gasteiger partial charge < -0.3 is 10.4 Å². The lowest BCUT2D eigenvalue weighted by Crippen LogP contribution is -2.28. The molecule has 0 saturated carbocycles. The standard InChI is InChI=1S/C11H13BrFNO/c12-10-9(15)4-3-8(11(10)13)7-2-1-5-14-6-7/h3-4,7,14-15H,1-2,5-6H2. The molecule has 0 amide bonds. The van der Waals surface area contributed by atoms with Gasteiger partial charge in [-0.05, 0) is 52.9 Å². The largest absolute Gasteiger partial charge is 0.507 e. The summed E-state index contributed by atoms with van der Waals surface area (Å²) in [4.78, 5) is 0. The van der Waals surface area contributed by atoms with Crippen molar-refractivity contribution in [2.45, 2.75) is 18.8 Å². The maximum absolute atomic E-state index is 13.8. The van der Waals surface area contributed by atoms with E-state index < -0.39 is 0 Å². The van der Waals surface area contributed by atoms with Crippen LogP contribution in [0, 0.1) is 5.82 Å². The van der Waals surface area contributed by atoms with Gasteiger partial charge in [0.1, 0.15) is 11.6 Å². The quantitative estimate of drug-likeness (QED) is 0.825. The summed E-state index contributed by atoms with van der Waals surface area (Å²) in [5, 5.41) is 12.6. The third-order valence-electron chi connectivity index (χ3n) is 2.83. The number of phenols is 1. The molecule has 1 heterocycles. The normalized spacial score (nSPS) is 21.6. The summed E-state index contributed by atoms with van der Waals surface area (Å²) < 4.78 is 14.0. The van der Waals surface area contributed by atoms with Gasteiger partial charge in [-0.3, -0.25) is 0 Å².